The van der Waals surface area contributed by atoms with E-state index in [-0.39, 0.29) is 43.6 Å². The van der Waals surface area contributed by atoms with Crippen LogP contribution in [0.5, 0.6) is 0 Å². The minimum absolute atomic E-state index is 0.0244. The molecule has 0 saturated heterocycles. The smallest absolute Gasteiger partial charge is 0.327 e. The first kappa shape index (κ1) is 39.3. The highest BCUT2D eigenvalue weighted by molar-refractivity contribution is 8.76. The van der Waals surface area contributed by atoms with Crippen molar-refractivity contribution in [3.63, 3.8) is 0 Å². The number of carboxylic acid groups (broad SMARTS) is 4. The van der Waals surface area contributed by atoms with Gasteiger partial charge >= 0.3 is 23.9 Å². The molecule has 0 radical (unpaired) electrons. The SMILES string of the molecule is N[C@@H](CCC(=O)N[C@@H](CO)C(=O)N[C@@H](CSSC[C@H](NC(=O)[C@H](CO)NC(=O)CCCC(=O)O)C(=O)O)C(=O)O)C(=O)O. The third-order valence-corrected chi connectivity index (χ3v) is 7.67. The van der Waals surface area contributed by atoms with E-state index in [0.29, 0.717) is 0 Å². The second kappa shape index (κ2) is 21.1. The van der Waals surface area contributed by atoms with Crippen LogP contribution >= 0.6 is 21.6 Å². The lowest BCUT2D eigenvalue weighted by atomic mass is 10.1. The second-order valence-electron chi connectivity index (χ2n) is 8.70. The molecule has 5 atom stereocenters. The lowest BCUT2D eigenvalue weighted by Gasteiger charge is -2.21. The molecule has 244 valence electrons. The molecule has 0 aromatic rings. The fraction of sp³-hybridized carbons (Fsp3) is 0.636. The zero-order chi connectivity index (χ0) is 33.1. The van der Waals surface area contributed by atoms with Crippen molar-refractivity contribution in [2.75, 3.05) is 24.7 Å². The molecule has 4 amide bonds. The maximum absolute atomic E-state index is 12.4. The third kappa shape index (κ3) is 17.1. The van der Waals surface area contributed by atoms with E-state index in [9.17, 15) is 58.8 Å². The van der Waals surface area contributed by atoms with Gasteiger partial charge in [-0.05, 0) is 12.8 Å². The Morgan fingerprint density at radius 1 is 0.581 bits per heavy atom. The molecule has 0 aliphatic heterocycles. The van der Waals surface area contributed by atoms with Gasteiger partial charge < -0.3 is 57.6 Å². The Hall–Kier alpha value is -3.66. The van der Waals surface area contributed by atoms with Crippen molar-refractivity contribution in [2.45, 2.75) is 62.3 Å². The van der Waals surface area contributed by atoms with Crippen LogP contribution in [0.15, 0.2) is 0 Å². The summed E-state index contributed by atoms with van der Waals surface area (Å²) in [5.74, 6) is -9.74. The molecule has 0 spiro atoms. The summed E-state index contributed by atoms with van der Waals surface area (Å²) in [6.07, 6.45) is -1.21. The average Bonchev–Trinajstić information content (AvgIpc) is 2.93. The van der Waals surface area contributed by atoms with Crippen molar-refractivity contribution in [1.29, 1.82) is 0 Å². The average molecular weight is 658 g/mol. The van der Waals surface area contributed by atoms with E-state index >= 15 is 0 Å². The Kier molecular flexibility index (Phi) is 19.3. The van der Waals surface area contributed by atoms with Crippen LogP contribution in [-0.4, -0.2) is 133 Å². The van der Waals surface area contributed by atoms with Gasteiger partial charge in [-0.3, -0.25) is 28.8 Å². The van der Waals surface area contributed by atoms with Crippen LogP contribution in [0.3, 0.4) is 0 Å². The number of nitrogens with one attached hydrogen (secondary N) is 4. The van der Waals surface area contributed by atoms with Gasteiger partial charge in [0.2, 0.25) is 23.6 Å². The fourth-order valence-corrected chi connectivity index (χ4v) is 5.17. The summed E-state index contributed by atoms with van der Waals surface area (Å²) < 4.78 is 0. The molecule has 0 heterocycles. The summed E-state index contributed by atoms with van der Waals surface area (Å²) in [7, 11) is 1.62. The molecule has 0 aromatic carbocycles. The highest BCUT2D eigenvalue weighted by atomic mass is 33.1. The van der Waals surface area contributed by atoms with E-state index in [1.807, 2.05) is 0 Å². The van der Waals surface area contributed by atoms with E-state index in [1.54, 1.807) is 0 Å². The summed E-state index contributed by atoms with van der Waals surface area (Å²) in [6.45, 7) is -1.79. The van der Waals surface area contributed by atoms with Crippen LogP contribution in [0.2, 0.25) is 0 Å². The van der Waals surface area contributed by atoms with Crippen LogP contribution in [0.25, 0.3) is 0 Å². The van der Waals surface area contributed by atoms with Gasteiger partial charge in [-0.25, -0.2) is 9.59 Å². The summed E-state index contributed by atoms with van der Waals surface area (Å²) in [5, 5.41) is 63.5. The largest absolute Gasteiger partial charge is 0.481 e. The predicted octanol–water partition coefficient (Wildman–Crippen LogP) is -4.09. The molecule has 0 unspecified atom stereocenters. The normalized spacial score (nSPS) is 14.2. The monoisotopic (exact) mass is 657 g/mol. The second-order valence-corrected chi connectivity index (χ2v) is 11.3. The predicted molar refractivity (Wildman–Crippen MR) is 148 cm³/mol. The minimum Gasteiger partial charge on any atom is -0.481 e. The maximum atomic E-state index is 12.4. The standard InChI is InChI=1S/C22H35N5O14S2/c23-10(20(36)37)4-5-16(31)25-12(7-29)19(35)27-14(22(40)41)9-43-42-8-13(21(38)39)26-18(34)11(6-28)24-15(30)2-1-3-17(32)33/h10-14,28-29H,1-9,23H2,(H,24,30)(H,25,31)(H,26,34)(H,27,35)(H,32,33)(H,36,37)(H,38,39)(H,40,41)/t10-,11-,12-,13-,14-/m0/s1. The van der Waals surface area contributed by atoms with E-state index in [2.05, 4.69) is 21.3 Å². The molecule has 0 rings (SSSR count). The Morgan fingerprint density at radius 2 is 1.00 bits per heavy atom. The van der Waals surface area contributed by atoms with Crippen molar-refractivity contribution in [1.82, 2.24) is 21.3 Å². The number of aliphatic carboxylic acids is 4. The lowest BCUT2D eigenvalue weighted by Crippen LogP contribution is -2.54. The molecule has 0 aliphatic rings. The molecule has 0 aromatic heterocycles. The Balaban J connectivity index is 4.88. The van der Waals surface area contributed by atoms with Gasteiger partial charge in [-0.2, -0.15) is 0 Å². The molecule has 0 saturated carbocycles. The highest BCUT2D eigenvalue weighted by Gasteiger charge is 2.29. The lowest BCUT2D eigenvalue weighted by molar-refractivity contribution is -0.142. The number of hydrogen-bond donors (Lipinski definition) is 11. The molecule has 43 heavy (non-hydrogen) atoms. The van der Waals surface area contributed by atoms with Gasteiger partial charge in [0.25, 0.3) is 0 Å². The van der Waals surface area contributed by atoms with Gasteiger partial charge in [0.05, 0.1) is 13.2 Å². The van der Waals surface area contributed by atoms with Crippen molar-refractivity contribution < 1.29 is 69.0 Å². The van der Waals surface area contributed by atoms with Gasteiger partial charge in [0.15, 0.2) is 0 Å². The first-order chi connectivity index (χ1) is 20.1. The number of aliphatic hydroxyl groups is 2. The van der Waals surface area contributed by atoms with Crippen LogP contribution in [-0.2, 0) is 38.4 Å². The summed E-state index contributed by atoms with van der Waals surface area (Å²) >= 11 is 0. The van der Waals surface area contributed by atoms with Crippen molar-refractivity contribution in [2.24, 2.45) is 5.73 Å². The quantitative estimate of drug-likeness (QED) is 0.0367. The molecule has 0 fully saturated rings. The number of carbonyl (C=O) groups is 8. The number of hydrogen-bond acceptors (Lipinski definition) is 13. The first-order valence-corrected chi connectivity index (χ1v) is 14.9. The summed E-state index contributed by atoms with van der Waals surface area (Å²) in [4.78, 5) is 93.0. The van der Waals surface area contributed by atoms with Gasteiger partial charge in [0.1, 0.15) is 30.2 Å². The van der Waals surface area contributed by atoms with Crippen molar-refractivity contribution >= 4 is 69.1 Å². The zero-order valence-corrected chi connectivity index (χ0v) is 24.2. The molecule has 0 bridgehead atoms. The van der Waals surface area contributed by atoms with Crippen LogP contribution in [0, 0.1) is 0 Å². The molecular weight excluding hydrogens is 622 g/mol. The number of carbonyl (C=O) groups excluding carboxylic acids is 4. The van der Waals surface area contributed by atoms with Crippen molar-refractivity contribution in [3.05, 3.63) is 0 Å². The number of aliphatic hydroxyl groups excluding tert-OH is 2. The summed E-state index contributed by atoms with van der Waals surface area (Å²) in [5.41, 5.74) is 5.29. The molecule has 12 N–H and O–H groups in total. The van der Waals surface area contributed by atoms with Gasteiger partial charge in [-0.15, -0.1) is 0 Å². The minimum atomic E-state index is -1.56. The van der Waals surface area contributed by atoms with E-state index in [1.165, 1.54) is 0 Å². The van der Waals surface area contributed by atoms with E-state index in [0.717, 1.165) is 21.6 Å². The zero-order valence-electron chi connectivity index (χ0n) is 22.6. The Labute approximate surface area is 252 Å². The molecule has 21 heteroatoms. The first-order valence-electron chi connectivity index (χ1n) is 12.4. The number of nitrogens with two attached hydrogens (primary N) is 1. The topological polar surface area (TPSA) is 332 Å². The number of carboxylic acids is 4. The molecule has 19 nitrogen and oxygen atoms in total. The fourth-order valence-electron chi connectivity index (χ4n) is 2.86. The Bertz CT molecular complexity index is 1020. The van der Waals surface area contributed by atoms with Gasteiger partial charge in [0, 0.05) is 30.8 Å². The molecular formula is C22H35N5O14S2. The van der Waals surface area contributed by atoms with E-state index in [4.69, 9.17) is 15.9 Å². The Morgan fingerprint density at radius 3 is 1.35 bits per heavy atom. The van der Waals surface area contributed by atoms with Crippen LogP contribution in [0.4, 0.5) is 0 Å². The number of amides is 4. The van der Waals surface area contributed by atoms with Crippen molar-refractivity contribution in [3.8, 4) is 0 Å². The van der Waals surface area contributed by atoms with E-state index < -0.39 is 90.9 Å². The molecule has 0 aliphatic carbocycles. The van der Waals surface area contributed by atoms with Gasteiger partial charge in [-0.1, -0.05) is 21.6 Å². The van der Waals surface area contributed by atoms with Crippen LogP contribution in [0.1, 0.15) is 32.1 Å². The number of rotatable bonds is 23. The maximum Gasteiger partial charge on any atom is 0.327 e. The van der Waals surface area contributed by atoms with Crippen LogP contribution < -0.4 is 27.0 Å². The summed E-state index contributed by atoms with van der Waals surface area (Å²) in [6, 6.07) is -7.49. The highest BCUT2D eigenvalue weighted by Crippen LogP contribution is 2.23. The third-order valence-electron chi connectivity index (χ3n) is 5.24.